The Hall–Kier alpha value is -2.89. The molecule has 1 aromatic heterocycles. The average Bonchev–Trinajstić information content (AvgIpc) is 2.60. The Labute approximate surface area is 135 Å². The summed E-state index contributed by atoms with van der Waals surface area (Å²) in [4.78, 5) is 16.2. The standard InChI is InChI=1S/C17H19N3O3/c1-12(14-6-4-5-9-18-14)19-20-17(21)11-13-7-8-15(22-2)16(10-13)23-3/h4-10H,11H2,1-3H3,(H,20,21)/b19-12+. The molecule has 23 heavy (non-hydrogen) atoms. The summed E-state index contributed by atoms with van der Waals surface area (Å²) in [5, 5.41) is 4.07. The lowest BCUT2D eigenvalue weighted by molar-refractivity contribution is -0.120. The molecule has 0 atom stereocenters. The molecule has 2 rings (SSSR count). The number of pyridine rings is 1. The quantitative estimate of drug-likeness (QED) is 0.655. The van der Waals surface area contributed by atoms with Gasteiger partial charge in [-0.25, -0.2) is 5.43 Å². The third kappa shape index (κ3) is 4.54. The minimum Gasteiger partial charge on any atom is -0.493 e. The number of nitrogens with zero attached hydrogens (tertiary/aromatic N) is 2. The van der Waals surface area contributed by atoms with Gasteiger partial charge in [0.15, 0.2) is 11.5 Å². The summed E-state index contributed by atoms with van der Waals surface area (Å²) in [6, 6.07) is 10.9. The van der Waals surface area contributed by atoms with Gasteiger partial charge in [-0.3, -0.25) is 9.78 Å². The van der Waals surface area contributed by atoms with Crippen LogP contribution in [0, 0.1) is 0 Å². The molecule has 1 aromatic carbocycles. The van der Waals surface area contributed by atoms with Crippen LogP contribution in [-0.2, 0) is 11.2 Å². The van der Waals surface area contributed by atoms with Crippen molar-refractivity contribution in [3.63, 3.8) is 0 Å². The molecule has 0 saturated heterocycles. The van der Waals surface area contributed by atoms with E-state index in [1.54, 1.807) is 39.5 Å². The molecule has 0 unspecified atom stereocenters. The number of carbonyl (C=O) groups excluding carboxylic acids is 1. The molecule has 0 aliphatic heterocycles. The number of hydrogen-bond acceptors (Lipinski definition) is 5. The number of aromatic nitrogens is 1. The number of hydrazone groups is 1. The first-order valence-electron chi connectivity index (χ1n) is 7.09. The Morgan fingerprint density at radius 3 is 2.61 bits per heavy atom. The van der Waals surface area contributed by atoms with E-state index >= 15 is 0 Å². The molecule has 0 bridgehead atoms. The van der Waals surface area contributed by atoms with Gasteiger partial charge in [-0.2, -0.15) is 5.10 Å². The van der Waals surface area contributed by atoms with Crippen LogP contribution in [0.4, 0.5) is 0 Å². The summed E-state index contributed by atoms with van der Waals surface area (Å²) < 4.78 is 10.4. The lowest BCUT2D eigenvalue weighted by atomic mass is 10.1. The molecule has 0 radical (unpaired) electrons. The first-order valence-corrected chi connectivity index (χ1v) is 7.09. The number of amides is 1. The van der Waals surface area contributed by atoms with Gasteiger partial charge in [-0.05, 0) is 36.8 Å². The lowest BCUT2D eigenvalue weighted by Crippen LogP contribution is -2.21. The van der Waals surface area contributed by atoms with Gasteiger partial charge < -0.3 is 9.47 Å². The highest BCUT2D eigenvalue weighted by Gasteiger charge is 2.08. The number of rotatable bonds is 6. The zero-order valence-corrected chi connectivity index (χ0v) is 13.4. The fraction of sp³-hybridized carbons (Fsp3) is 0.235. The molecule has 120 valence electrons. The van der Waals surface area contributed by atoms with Crippen molar-refractivity contribution in [1.82, 2.24) is 10.4 Å². The number of benzene rings is 1. The van der Waals surface area contributed by atoms with Crippen LogP contribution in [0.1, 0.15) is 18.2 Å². The molecule has 6 nitrogen and oxygen atoms in total. The smallest absolute Gasteiger partial charge is 0.244 e. The predicted octanol–water partition coefficient (Wildman–Crippen LogP) is 2.18. The zero-order valence-electron chi connectivity index (χ0n) is 13.4. The van der Waals surface area contributed by atoms with Gasteiger partial charge in [-0.1, -0.05) is 12.1 Å². The molecule has 0 saturated carbocycles. The zero-order chi connectivity index (χ0) is 16.7. The van der Waals surface area contributed by atoms with Gasteiger partial charge >= 0.3 is 0 Å². The van der Waals surface area contributed by atoms with E-state index in [2.05, 4.69) is 15.5 Å². The molecule has 0 aliphatic rings. The Morgan fingerprint density at radius 1 is 1.17 bits per heavy atom. The molecule has 0 fully saturated rings. The van der Waals surface area contributed by atoms with Gasteiger partial charge in [0.25, 0.3) is 0 Å². The number of ether oxygens (including phenoxy) is 2. The van der Waals surface area contributed by atoms with Crippen molar-refractivity contribution < 1.29 is 14.3 Å². The first-order chi connectivity index (χ1) is 11.1. The van der Waals surface area contributed by atoms with Gasteiger partial charge in [0.2, 0.25) is 5.91 Å². The van der Waals surface area contributed by atoms with E-state index in [9.17, 15) is 4.79 Å². The maximum atomic E-state index is 12.0. The largest absolute Gasteiger partial charge is 0.493 e. The molecule has 0 spiro atoms. The number of methoxy groups -OCH3 is 2. The minimum absolute atomic E-state index is 0.194. The summed E-state index contributed by atoms with van der Waals surface area (Å²) in [6.45, 7) is 1.79. The van der Waals surface area contributed by atoms with E-state index < -0.39 is 0 Å². The second kappa shape index (κ2) is 7.93. The first kappa shape index (κ1) is 16.5. The normalized spacial score (nSPS) is 11.0. The molecule has 1 N–H and O–H groups in total. The number of carbonyl (C=O) groups is 1. The molecule has 1 heterocycles. The molecule has 1 amide bonds. The molecule has 6 heteroatoms. The van der Waals surface area contributed by atoms with E-state index in [0.29, 0.717) is 17.2 Å². The molecular weight excluding hydrogens is 294 g/mol. The minimum atomic E-state index is -0.215. The number of nitrogens with one attached hydrogen (secondary N) is 1. The van der Waals surface area contributed by atoms with Crippen molar-refractivity contribution in [2.45, 2.75) is 13.3 Å². The van der Waals surface area contributed by atoms with Crippen molar-refractivity contribution >= 4 is 11.6 Å². The summed E-state index contributed by atoms with van der Waals surface area (Å²) in [7, 11) is 3.13. The van der Waals surface area contributed by atoms with Crippen LogP contribution in [-0.4, -0.2) is 30.8 Å². The van der Waals surface area contributed by atoms with Crippen LogP contribution in [0.5, 0.6) is 11.5 Å². The van der Waals surface area contributed by atoms with Crippen LogP contribution >= 0.6 is 0 Å². The van der Waals surface area contributed by atoms with Gasteiger partial charge in [0.05, 0.1) is 32.0 Å². The van der Waals surface area contributed by atoms with Crippen molar-refractivity contribution in [2.75, 3.05) is 14.2 Å². The third-order valence-electron chi connectivity index (χ3n) is 3.20. The number of hydrogen-bond donors (Lipinski definition) is 1. The summed E-state index contributed by atoms with van der Waals surface area (Å²) in [5.41, 5.74) is 4.71. The fourth-order valence-corrected chi connectivity index (χ4v) is 2.00. The van der Waals surface area contributed by atoms with Gasteiger partial charge in [0.1, 0.15) is 0 Å². The second-order valence-electron chi connectivity index (χ2n) is 4.81. The van der Waals surface area contributed by atoms with E-state index in [0.717, 1.165) is 11.3 Å². The van der Waals surface area contributed by atoms with E-state index in [1.807, 2.05) is 24.3 Å². The van der Waals surface area contributed by atoms with E-state index in [1.165, 1.54) is 0 Å². The highest BCUT2D eigenvalue weighted by Crippen LogP contribution is 2.27. The lowest BCUT2D eigenvalue weighted by Gasteiger charge is -2.09. The highest BCUT2D eigenvalue weighted by atomic mass is 16.5. The second-order valence-corrected chi connectivity index (χ2v) is 4.81. The summed E-state index contributed by atoms with van der Waals surface area (Å²) in [6.07, 6.45) is 1.87. The van der Waals surface area contributed by atoms with Gasteiger partial charge in [-0.15, -0.1) is 0 Å². The van der Waals surface area contributed by atoms with Gasteiger partial charge in [0, 0.05) is 6.20 Å². The van der Waals surface area contributed by atoms with Crippen molar-refractivity contribution in [2.24, 2.45) is 5.10 Å². The summed E-state index contributed by atoms with van der Waals surface area (Å²) >= 11 is 0. The predicted molar refractivity (Wildman–Crippen MR) is 87.8 cm³/mol. The summed E-state index contributed by atoms with van der Waals surface area (Å²) in [5.74, 6) is 0.999. The Morgan fingerprint density at radius 2 is 1.96 bits per heavy atom. The topological polar surface area (TPSA) is 72.8 Å². The Balaban J connectivity index is 2.00. The van der Waals surface area contributed by atoms with E-state index in [-0.39, 0.29) is 12.3 Å². The van der Waals surface area contributed by atoms with Crippen molar-refractivity contribution in [3.05, 3.63) is 53.9 Å². The maximum absolute atomic E-state index is 12.0. The molecule has 2 aromatic rings. The fourth-order valence-electron chi connectivity index (χ4n) is 2.00. The van der Waals surface area contributed by atoms with Crippen LogP contribution in [0.2, 0.25) is 0 Å². The highest BCUT2D eigenvalue weighted by molar-refractivity contribution is 5.97. The molecule has 0 aliphatic carbocycles. The van der Waals surface area contributed by atoms with E-state index in [4.69, 9.17) is 9.47 Å². The Kier molecular flexibility index (Phi) is 5.68. The molecular formula is C17H19N3O3. The van der Waals surface area contributed by atoms with Crippen molar-refractivity contribution in [3.8, 4) is 11.5 Å². The third-order valence-corrected chi connectivity index (χ3v) is 3.20. The van der Waals surface area contributed by atoms with Crippen LogP contribution in [0.3, 0.4) is 0 Å². The van der Waals surface area contributed by atoms with Crippen LogP contribution in [0.15, 0.2) is 47.7 Å². The van der Waals surface area contributed by atoms with Crippen molar-refractivity contribution in [1.29, 1.82) is 0 Å². The Bertz CT molecular complexity index is 699. The van der Waals surface area contributed by atoms with Crippen LogP contribution < -0.4 is 14.9 Å². The van der Waals surface area contributed by atoms with Crippen LogP contribution in [0.25, 0.3) is 0 Å². The monoisotopic (exact) mass is 313 g/mol. The SMILES string of the molecule is COc1ccc(CC(=O)N/N=C(\C)c2ccccn2)cc1OC. The maximum Gasteiger partial charge on any atom is 0.244 e. The average molecular weight is 313 g/mol.